The second kappa shape index (κ2) is 4.87. The number of carbonyl (C=O) groups excluding carboxylic acids is 1. The molecule has 2 heteroatoms. The second-order valence-corrected chi connectivity index (χ2v) is 7.50. The molecular formula is C17H26O2. The van der Waals surface area contributed by atoms with Gasteiger partial charge in [-0.3, -0.25) is 0 Å². The Bertz CT molecular complexity index is 353. The molecule has 4 rings (SSSR count). The molecule has 0 aromatic carbocycles. The molecule has 3 aliphatic carbocycles. The van der Waals surface area contributed by atoms with Gasteiger partial charge in [-0.2, -0.15) is 0 Å². The monoisotopic (exact) mass is 262 g/mol. The molecule has 0 amide bonds. The summed E-state index contributed by atoms with van der Waals surface area (Å²) in [5.74, 6) is 5.58. The third-order valence-electron chi connectivity index (χ3n) is 6.90. The summed E-state index contributed by atoms with van der Waals surface area (Å²) in [6.45, 7) is 0.868. The first kappa shape index (κ1) is 12.4. The number of fused-ring (bicyclic) bond motifs is 5. The Labute approximate surface area is 116 Å². The number of ether oxygens (including phenoxy) is 1. The molecule has 0 aromatic rings. The molecule has 106 valence electrons. The molecule has 0 bridgehead atoms. The molecule has 1 saturated heterocycles. The minimum absolute atomic E-state index is 0.0966. The van der Waals surface area contributed by atoms with Gasteiger partial charge in [0, 0.05) is 0 Å². The summed E-state index contributed by atoms with van der Waals surface area (Å²) in [5.41, 5.74) is 0. The molecule has 7 atom stereocenters. The number of hydrogen-bond acceptors (Lipinski definition) is 2. The van der Waals surface area contributed by atoms with Crippen LogP contribution in [0.5, 0.6) is 0 Å². The summed E-state index contributed by atoms with van der Waals surface area (Å²) >= 11 is 0. The van der Waals surface area contributed by atoms with Crippen LogP contribution in [0, 0.1) is 35.5 Å². The predicted molar refractivity (Wildman–Crippen MR) is 73.7 cm³/mol. The fourth-order valence-electron chi connectivity index (χ4n) is 6.10. The van der Waals surface area contributed by atoms with E-state index in [1.165, 1.54) is 44.9 Å². The maximum absolute atomic E-state index is 10.9. The summed E-state index contributed by atoms with van der Waals surface area (Å²) in [7, 11) is 0. The molecule has 1 aliphatic heterocycles. The van der Waals surface area contributed by atoms with Gasteiger partial charge >= 0.3 is 0 Å². The second-order valence-electron chi connectivity index (χ2n) is 7.50. The van der Waals surface area contributed by atoms with Gasteiger partial charge in [-0.25, -0.2) is 0 Å². The maximum atomic E-state index is 10.9. The largest absolute Gasteiger partial charge is 0.370 e. The highest BCUT2D eigenvalue weighted by Gasteiger charge is 2.49. The van der Waals surface area contributed by atoms with Crippen molar-refractivity contribution in [1.82, 2.24) is 0 Å². The lowest BCUT2D eigenvalue weighted by Gasteiger charge is -2.52. The van der Waals surface area contributed by atoms with E-state index in [1.54, 1.807) is 0 Å². The maximum Gasteiger partial charge on any atom is 0.148 e. The molecule has 0 aromatic heterocycles. The fourth-order valence-corrected chi connectivity index (χ4v) is 6.10. The van der Waals surface area contributed by atoms with Crippen LogP contribution in [0.15, 0.2) is 0 Å². The van der Waals surface area contributed by atoms with Crippen molar-refractivity contribution >= 4 is 6.29 Å². The van der Waals surface area contributed by atoms with E-state index in [1.807, 2.05) is 0 Å². The lowest BCUT2D eigenvalue weighted by atomic mass is 9.55. The van der Waals surface area contributed by atoms with Gasteiger partial charge < -0.3 is 9.53 Å². The zero-order valence-electron chi connectivity index (χ0n) is 11.8. The molecule has 0 N–H and O–H groups in total. The molecule has 3 saturated carbocycles. The van der Waals surface area contributed by atoms with Crippen molar-refractivity contribution in [3.63, 3.8) is 0 Å². The van der Waals surface area contributed by atoms with Crippen molar-refractivity contribution in [2.75, 3.05) is 6.61 Å². The van der Waals surface area contributed by atoms with Gasteiger partial charge in [0.25, 0.3) is 0 Å². The standard InChI is InChI=1S/C17H26O2/c18-9-13-8-12-5-7-15-14-3-1-2-11(14)4-6-16(15)17(12)10-19-13/h9,11-17H,1-8,10H2/t11-,12?,13?,14+,15-,16-,17-/m0/s1. The minimum atomic E-state index is -0.0966. The van der Waals surface area contributed by atoms with Crippen LogP contribution < -0.4 is 0 Å². The Balaban J connectivity index is 1.51. The van der Waals surface area contributed by atoms with E-state index in [4.69, 9.17) is 4.74 Å². The van der Waals surface area contributed by atoms with Gasteiger partial charge in [0.1, 0.15) is 12.4 Å². The first-order chi connectivity index (χ1) is 9.36. The first-order valence-electron chi connectivity index (χ1n) is 8.43. The van der Waals surface area contributed by atoms with E-state index < -0.39 is 0 Å². The SMILES string of the molecule is O=CC1CC2CC[C@H]3[C@@H]4CCC[C@H]4CC[C@@H]3[C@H]2CO1. The van der Waals surface area contributed by atoms with Crippen molar-refractivity contribution in [2.45, 2.75) is 57.5 Å². The number of hydrogen-bond donors (Lipinski definition) is 0. The molecule has 2 nitrogen and oxygen atoms in total. The summed E-state index contributed by atoms with van der Waals surface area (Å²) < 4.78 is 5.79. The molecule has 4 fully saturated rings. The van der Waals surface area contributed by atoms with Crippen LogP contribution in [0.2, 0.25) is 0 Å². The molecule has 4 aliphatic rings. The van der Waals surface area contributed by atoms with E-state index in [0.717, 1.165) is 54.8 Å². The van der Waals surface area contributed by atoms with Crippen molar-refractivity contribution < 1.29 is 9.53 Å². The highest BCUT2D eigenvalue weighted by atomic mass is 16.5. The highest BCUT2D eigenvalue weighted by molar-refractivity contribution is 5.56. The summed E-state index contributed by atoms with van der Waals surface area (Å²) in [5, 5.41) is 0. The molecule has 19 heavy (non-hydrogen) atoms. The minimum Gasteiger partial charge on any atom is -0.370 e. The normalized spacial score (nSPS) is 52.9. The van der Waals surface area contributed by atoms with Gasteiger partial charge in [-0.05, 0) is 74.0 Å². The summed E-state index contributed by atoms with van der Waals surface area (Å²) in [6, 6.07) is 0. The summed E-state index contributed by atoms with van der Waals surface area (Å²) in [6.07, 6.45) is 12.2. The van der Waals surface area contributed by atoms with Crippen LogP contribution in [-0.4, -0.2) is 19.0 Å². The molecule has 0 spiro atoms. The van der Waals surface area contributed by atoms with Crippen LogP contribution in [0.3, 0.4) is 0 Å². The number of carbonyl (C=O) groups is 1. The van der Waals surface area contributed by atoms with Crippen LogP contribution in [-0.2, 0) is 9.53 Å². The predicted octanol–water partition coefficient (Wildman–Crippen LogP) is 3.44. The van der Waals surface area contributed by atoms with Crippen LogP contribution in [0.1, 0.15) is 51.4 Å². The van der Waals surface area contributed by atoms with Crippen LogP contribution in [0.25, 0.3) is 0 Å². The quantitative estimate of drug-likeness (QED) is 0.677. The van der Waals surface area contributed by atoms with Gasteiger partial charge in [0.15, 0.2) is 0 Å². The van der Waals surface area contributed by atoms with E-state index in [0.29, 0.717) is 0 Å². The van der Waals surface area contributed by atoms with Crippen LogP contribution >= 0.6 is 0 Å². The number of aldehydes is 1. The van der Waals surface area contributed by atoms with Crippen molar-refractivity contribution in [3.8, 4) is 0 Å². The molecule has 1 heterocycles. The van der Waals surface area contributed by atoms with E-state index in [-0.39, 0.29) is 6.10 Å². The van der Waals surface area contributed by atoms with Gasteiger partial charge in [-0.15, -0.1) is 0 Å². The summed E-state index contributed by atoms with van der Waals surface area (Å²) in [4.78, 5) is 10.9. The average Bonchev–Trinajstić information content (AvgIpc) is 2.94. The van der Waals surface area contributed by atoms with E-state index in [2.05, 4.69) is 0 Å². The van der Waals surface area contributed by atoms with Gasteiger partial charge in [-0.1, -0.05) is 12.8 Å². The average molecular weight is 262 g/mol. The van der Waals surface area contributed by atoms with Gasteiger partial charge in [0.2, 0.25) is 0 Å². The van der Waals surface area contributed by atoms with Crippen LogP contribution in [0.4, 0.5) is 0 Å². The lowest BCUT2D eigenvalue weighted by Crippen LogP contribution is -2.47. The molecule has 2 unspecified atom stereocenters. The third-order valence-corrected chi connectivity index (χ3v) is 6.90. The smallest absolute Gasteiger partial charge is 0.148 e. The Hall–Kier alpha value is -0.370. The van der Waals surface area contributed by atoms with Crippen molar-refractivity contribution in [2.24, 2.45) is 35.5 Å². The Morgan fingerprint density at radius 1 is 0.789 bits per heavy atom. The zero-order valence-corrected chi connectivity index (χ0v) is 11.8. The first-order valence-corrected chi connectivity index (χ1v) is 8.43. The van der Waals surface area contributed by atoms with Crippen molar-refractivity contribution in [3.05, 3.63) is 0 Å². The van der Waals surface area contributed by atoms with E-state index >= 15 is 0 Å². The number of rotatable bonds is 1. The van der Waals surface area contributed by atoms with Gasteiger partial charge in [0.05, 0.1) is 6.61 Å². The Morgan fingerprint density at radius 2 is 1.58 bits per heavy atom. The Morgan fingerprint density at radius 3 is 2.42 bits per heavy atom. The fraction of sp³-hybridized carbons (Fsp3) is 0.941. The van der Waals surface area contributed by atoms with Crippen molar-refractivity contribution in [1.29, 1.82) is 0 Å². The molecule has 0 radical (unpaired) electrons. The third kappa shape index (κ3) is 1.98. The lowest BCUT2D eigenvalue weighted by molar-refractivity contribution is -0.137. The van der Waals surface area contributed by atoms with E-state index in [9.17, 15) is 4.79 Å². The molecular weight excluding hydrogens is 236 g/mol. The topological polar surface area (TPSA) is 26.3 Å². The Kier molecular flexibility index (Phi) is 3.17. The zero-order chi connectivity index (χ0) is 12.8. The highest BCUT2D eigenvalue weighted by Crippen LogP contribution is 2.56.